The fraction of sp³-hybridized carbons (Fsp3) is 0.273. The second kappa shape index (κ2) is 5.42. The molecule has 23 heavy (non-hydrogen) atoms. The second-order valence-corrected chi connectivity index (χ2v) is 7.94. The van der Waals surface area contributed by atoms with Crippen molar-refractivity contribution in [1.29, 1.82) is 0 Å². The Labute approximate surface area is 142 Å². The van der Waals surface area contributed by atoms with Gasteiger partial charge in [0.1, 0.15) is 0 Å². The predicted octanol–water partition coefficient (Wildman–Crippen LogP) is 5.78. The highest BCUT2D eigenvalue weighted by Crippen LogP contribution is 2.66. The third kappa shape index (κ3) is 2.14. The van der Waals surface area contributed by atoms with Crippen LogP contribution in [0.15, 0.2) is 77.7 Å². The van der Waals surface area contributed by atoms with E-state index < -0.39 is 0 Å². The Morgan fingerprint density at radius 1 is 0.783 bits per heavy atom. The van der Waals surface area contributed by atoms with Crippen LogP contribution in [0.4, 0.5) is 0 Å². The van der Waals surface area contributed by atoms with Gasteiger partial charge in [0.15, 0.2) is 0 Å². The summed E-state index contributed by atoms with van der Waals surface area (Å²) in [4.78, 5) is 1.67. The van der Waals surface area contributed by atoms with Crippen molar-refractivity contribution in [2.24, 2.45) is 23.7 Å². The van der Waals surface area contributed by atoms with Gasteiger partial charge in [-0.15, -0.1) is 11.8 Å². The zero-order valence-electron chi connectivity index (χ0n) is 13.1. The molecule has 0 amide bonds. The number of fused-ring (bicyclic) bond motifs is 5. The molecule has 2 aromatic rings. The van der Waals surface area contributed by atoms with Gasteiger partial charge < -0.3 is 0 Å². The first-order valence-corrected chi connectivity index (χ1v) is 9.55. The van der Waals surface area contributed by atoms with Crippen molar-refractivity contribution in [3.8, 4) is 0 Å². The Morgan fingerprint density at radius 2 is 1.43 bits per heavy atom. The molecule has 0 aromatic heterocycles. The molecule has 1 heteroatoms. The topological polar surface area (TPSA) is 0 Å². The Morgan fingerprint density at radius 3 is 2.17 bits per heavy atom. The minimum atomic E-state index is 0.783. The molecule has 0 radical (unpaired) electrons. The first kappa shape index (κ1) is 13.7. The van der Waals surface area contributed by atoms with E-state index >= 15 is 0 Å². The van der Waals surface area contributed by atoms with E-state index in [2.05, 4.69) is 84.6 Å². The molecule has 2 aromatic carbocycles. The van der Waals surface area contributed by atoms with Crippen molar-refractivity contribution in [1.82, 2.24) is 0 Å². The molecule has 4 atom stereocenters. The third-order valence-electron chi connectivity index (χ3n) is 5.68. The number of hydrogen-bond donors (Lipinski definition) is 0. The quantitative estimate of drug-likeness (QED) is 0.644. The lowest BCUT2D eigenvalue weighted by Gasteiger charge is -2.43. The van der Waals surface area contributed by atoms with Crippen molar-refractivity contribution in [2.45, 2.75) is 12.2 Å². The molecule has 1 saturated carbocycles. The molecule has 0 aliphatic heterocycles. The summed E-state index contributed by atoms with van der Waals surface area (Å²) in [6.07, 6.45) is 6.34. The van der Waals surface area contributed by atoms with E-state index in [-0.39, 0.29) is 0 Å². The third-order valence-corrected chi connectivity index (χ3v) is 6.96. The van der Waals surface area contributed by atoms with E-state index in [4.69, 9.17) is 0 Å². The van der Waals surface area contributed by atoms with Crippen molar-refractivity contribution >= 4 is 17.3 Å². The minimum absolute atomic E-state index is 0.783. The standard InChI is InChI=1S/C22H20S/c1-3-7-15(8-4-1)14-23-22-20(16-9-5-2-6-10-16)19-17-11-12-18(13-17)21(19)22/h1-12,17-19,21H,13-14H2/t17-,18+,19-,21-/m1/s1. The molecule has 0 N–H and O–H groups in total. The summed E-state index contributed by atoms with van der Waals surface area (Å²) >= 11 is 2.08. The molecule has 0 spiro atoms. The number of allylic oxidation sites excluding steroid dienone is 4. The van der Waals surface area contributed by atoms with Gasteiger partial charge in [0, 0.05) is 11.7 Å². The maximum Gasteiger partial charge on any atom is 0.0228 e. The number of benzene rings is 2. The average molecular weight is 316 g/mol. The normalized spacial score (nSPS) is 30.4. The van der Waals surface area contributed by atoms with Crippen LogP contribution in [0, 0.1) is 23.7 Å². The highest BCUT2D eigenvalue weighted by Gasteiger charge is 2.54. The summed E-state index contributed by atoms with van der Waals surface area (Å²) in [5.41, 5.74) is 4.53. The molecule has 0 unspecified atom stereocenters. The molecule has 114 valence electrons. The second-order valence-electron chi connectivity index (χ2n) is 6.92. The van der Waals surface area contributed by atoms with Crippen LogP contribution in [0.1, 0.15) is 17.5 Å². The van der Waals surface area contributed by atoms with E-state index in [0.717, 1.165) is 29.4 Å². The van der Waals surface area contributed by atoms with Crippen LogP contribution < -0.4 is 0 Å². The molecule has 2 bridgehead atoms. The maximum atomic E-state index is 2.48. The monoisotopic (exact) mass is 316 g/mol. The van der Waals surface area contributed by atoms with E-state index in [1.165, 1.54) is 17.5 Å². The molecule has 3 aliphatic carbocycles. The van der Waals surface area contributed by atoms with Crippen LogP contribution in [-0.4, -0.2) is 0 Å². The van der Waals surface area contributed by atoms with Crippen LogP contribution in [0.2, 0.25) is 0 Å². The van der Waals surface area contributed by atoms with Crippen LogP contribution >= 0.6 is 11.8 Å². The summed E-state index contributed by atoms with van der Waals surface area (Å²) in [5, 5.41) is 0. The first-order chi connectivity index (χ1) is 11.4. The summed E-state index contributed by atoms with van der Waals surface area (Å²) in [7, 11) is 0. The van der Waals surface area contributed by atoms with Gasteiger partial charge in [-0.2, -0.15) is 0 Å². The molecular weight excluding hydrogens is 296 g/mol. The van der Waals surface area contributed by atoms with E-state index in [9.17, 15) is 0 Å². The Hall–Kier alpha value is -1.73. The van der Waals surface area contributed by atoms with Gasteiger partial charge in [-0.05, 0) is 45.8 Å². The van der Waals surface area contributed by atoms with Crippen LogP contribution in [0.25, 0.3) is 5.57 Å². The van der Waals surface area contributed by atoms with Crippen LogP contribution in [0.5, 0.6) is 0 Å². The minimum Gasteiger partial charge on any atom is -0.125 e. The van der Waals surface area contributed by atoms with Crippen molar-refractivity contribution < 1.29 is 0 Å². The van der Waals surface area contributed by atoms with Gasteiger partial charge in [-0.3, -0.25) is 0 Å². The summed E-state index contributed by atoms with van der Waals surface area (Å²) in [5.74, 6) is 4.27. The lowest BCUT2D eigenvalue weighted by Crippen LogP contribution is -2.32. The van der Waals surface area contributed by atoms with Gasteiger partial charge in [0.25, 0.3) is 0 Å². The number of rotatable bonds is 4. The van der Waals surface area contributed by atoms with Gasteiger partial charge >= 0.3 is 0 Å². The van der Waals surface area contributed by atoms with Gasteiger partial charge in [-0.25, -0.2) is 0 Å². The van der Waals surface area contributed by atoms with Crippen molar-refractivity contribution in [3.63, 3.8) is 0 Å². The smallest absolute Gasteiger partial charge is 0.0228 e. The molecule has 1 fully saturated rings. The summed E-state index contributed by atoms with van der Waals surface area (Å²) in [6.45, 7) is 0. The molecule has 0 heterocycles. The highest BCUT2D eigenvalue weighted by molar-refractivity contribution is 8.02. The Kier molecular flexibility index (Phi) is 3.22. The molecule has 0 nitrogen and oxygen atoms in total. The molecule has 5 rings (SSSR count). The van der Waals surface area contributed by atoms with Crippen LogP contribution in [-0.2, 0) is 5.75 Å². The fourth-order valence-corrected chi connectivity index (χ4v) is 6.12. The van der Waals surface area contributed by atoms with Crippen molar-refractivity contribution in [3.05, 3.63) is 88.8 Å². The van der Waals surface area contributed by atoms with E-state index in [1.54, 1.807) is 10.5 Å². The Bertz CT molecular complexity index is 772. The van der Waals surface area contributed by atoms with Gasteiger partial charge in [-0.1, -0.05) is 72.8 Å². The predicted molar refractivity (Wildman–Crippen MR) is 98.8 cm³/mol. The maximum absolute atomic E-state index is 2.48. The lowest BCUT2D eigenvalue weighted by molar-refractivity contribution is 0.411. The van der Waals surface area contributed by atoms with Crippen molar-refractivity contribution in [2.75, 3.05) is 0 Å². The number of thioether (sulfide) groups is 1. The zero-order chi connectivity index (χ0) is 15.2. The molecule has 0 saturated heterocycles. The highest BCUT2D eigenvalue weighted by atomic mass is 32.2. The summed E-state index contributed by atoms with van der Waals surface area (Å²) in [6, 6.07) is 21.9. The van der Waals surface area contributed by atoms with E-state index in [1.807, 2.05) is 0 Å². The Balaban J connectivity index is 1.48. The average Bonchev–Trinajstić information content (AvgIpc) is 3.15. The zero-order valence-corrected chi connectivity index (χ0v) is 13.9. The van der Waals surface area contributed by atoms with Crippen LogP contribution in [0.3, 0.4) is 0 Å². The fourth-order valence-electron chi connectivity index (χ4n) is 4.68. The molecular formula is C22H20S. The van der Waals surface area contributed by atoms with Gasteiger partial charge in [0.2, 0.25) is 0 Å². The van der Waals surface area contributed by atoms with E-state index in [0.29, 0.717) is 0 Å². The largest absolute Gasteiger partial charge is 0.125 e. The number of hydrogen-bond acceptors (Lipinski definition) is 1. The SMILES string of the molecule is C1=C[C@H]2C[C@@H]1[C@@H]1C(c3ccccc3)=C(SCc3ccccc3)[C@@H]12. The summed E-state index contributed by atoms with van der Waals surface area (Å²) < 4.78 is 0. The molecule has 3 aliphatic rings. The first-order valence-electron chi connectivity index (χ1n) is 8.56. The lowest BCUT2D eigenvalue weighted by atomic mass is 9.66. The van der Waals surface area contributed by atoms with Gasteiger partial charge in [0.05, 0.1) is 0 Å².